The molecule has 130 valence electrons. The lowest BCUT2D eigenvalue weighted by molar-refractivity contribution is 0.614. The zero-order chi connectivity index (χ0) is 18.1. The minimum absolute atomic E-state index is 0.0152. The highest BCUT2D eigenvalue weighted by Gasteiger charge is 2.13. The zero-order valence-electron chi connectivity index (χ0n) is 13.5. The zero-order valence-corrected chi connectivity index (χ0v) is 14.4. The van der Waals surface area contributed by atoms with Gasteiger partial charge in [-0.05, 0) is 11.6 Å². The van der Waals surface area contributed by atoms with Crippen LogP contribution in [0.4, 0.5) is 5.82 Å². The van der Waals surface area contributed by atoms with Gasteiger partial charge in [-0.3, -0.25) is 4.98 Å². The Morgan fingerprint density at radius 1 is 1.04 bits per heavy atom. The average Bonchev–Trinajstić information content (AvgIpc) is 3.06. The third-order valence-corrected chi connectivity index (χ3v) is 4.49. The van der Waals surface area contributed by atoms with E-state index in [1.54, 1.807) is 48.9 Å². The third kappa shape index (κ3) is 3.11. The van der Waals surface area contributed by atoms with Crippen LogP contribution in [0, 0.1) is 0 Å². The highest BCUT2D eigenvalue weighted by Crippen LogP contribution is 2.26. The van der Waals surface area contributed by atoms with E-state index in [9.17, 15) is 8.42 Å². The maximum Gasteiger partial charge on any atom is 0.161 e. The highest BCUT2D eigenvalue weighted by molar-refractivity contribution is 7.71. The van der Waals surface area contributed by atoms with Gasteiger partial charge in [-0.2, -0.15) is 0 Å². The Bertz CT molecular complexity index is 1130. The molecule has 0 atom stereocenters. The van der Waals surface area contributed by atoms with Crippen LogP contribution in [-0.2, 0) is 16.5 Å². The van der Waals surface area contributed by atoms with Crippen LogP contribution in [-0.4, -0.2) is 33.3 Å². The predicted molar refractivity (Wildman–Crippen MR) is 98.8 cm³/mol. The van der Waals surface area contributed by atoms with Crippen LogP contribution in [0.3, 0.4) is 0 Å². The summed E-state index contributed by atoms with van der Waals surface area (Å²) in [5, 5.41) is 0. The summed E-state index contributed by atoms with van der Waals surface area (Å²) in [7, 11) is -2.45. The monoisotopic (exact) mass is 366 g/mol. The van der Waals surface area contributed by atoms with Crippen molar-refractivity contribution in [1.29, 1.82) is 0 Å². The van der Waals surface area contributed by atoms with Gasteiger partial charge in [0.05, 0.1) is 34.9 Å². The van der Waals surface area contributed by atoms with Gasteiger partial charge in [0, 0.05) is 11.8 Å². The van der Waals surface area contributed by atoms with Gasteiger partial charge in [0.1, 0.15) is 16.4 Å². The lowest BCUT2D eigenvalue weighted by Crippen LogP contribution is -2.00. The maximum absolute atomic E-state index is 10.8. The van der Waals surface area contributed by atoms with Gasteiger partial charge in [0.15, 0.2) is 11.6 Å². The molecule has 4 aromatic rings. The molecule has 3 N–H and O–H groups in total. The molecule has 8 nitrogen and oxygen atoms in total. The van der Waals surface area contributed by atoms with Gasteiger partial charge < -0.3 is 10.7 Å². The predicted octanol–water partition coefficient (Wildman–Crippen LogP) is 1.78. The second-order valence-corrected chi connectivity index (χ2v) is 6.64. The third-order valence-electron chi connectivity index (χ3n) is 3.87. The van der Waals surface area contributed by atoms with Crippen molar-refractivity contribution in [1.82, 2.24) is 24.9 Å². The van der Waals surface area contributed by atoms with Crippen molar-refractivity contribution in [3.63, 3.8) is 0 Å². The van der Waals surface area contributed by atoms with Crippen molar-refractivity contribution in [3.8, 4) is 22.8 Å². The molecule has 0 fully saturated rings. The molecule has 1 aromatic carbocycles. The molecule has 26 heavy (non-hydrogen) atoms. The molecule has 0 unspecified atom stereocenters. The number of nitrogens with two attached hydrogens (primary N) is 1. The first-order valence-electron chi connectivity index (χ1n) is 7.74. The molecule has 3 heterocycles. The van der Waals surface area contributed by atoms with Gasteiger partial charge in [-0.1, -0.05) is 24.3 Å². The number of H-pyrrole nitrogens is 1. The first kappa shape index (κ1) is 16.2. The molecule has 3 aromatic heterocycles. The highest BCUT2D eigenvalue weighted by atomic mass is 32.2. The van der Waals surface area contributed by atoms with Crippen LogP contribution in [0.2, 0.25) is 0 Å². The Morgan fingerprint density at radius 2 is 1.85 bits per heavy atom. The number of pyridine rings is 1. The fraction of sp³-hybridized carbons (Fsp3) is 0.0588. The number of benzene rings is 1. The summed E-state index contributed by atoms with van der Waals surface area (Å²) in [6.07, 6.45) is 4.92. The van der Waals surface area contributed by atoms with E-state index in [0.717, 1.165) is 22.2 Å². The van der Waals surface area contributed by atoms with Crippen molar-refractivity contribution in [2.45, 2.75) is 5.75 Å². The number of aromatic amines is 1. The molecule has 0 amide bonds. The molecule has 0 spiro atoms. The van der Waals surface area contributed by atoms with Gasteiger partial charge in [0.25, 0.3) is 0 Å². The molecule has 4 rings (SSSR count). The molecule has 9 heteroatoms. The number of fused-ring (bicyclic) bond motifs is 1. The van der Waals surface area contributed by atoms with E-state index in [1.807, 2.05) is 0 Å². The van der Waals surface area contributed by atoms with Crippen LogP contribution >= 0.6 is 0 Å². The van der Waals surface area contributed by atoms with Crippen LogP contribution in [0.5, 0.6) is 0 Å². The largest absolute Gasteiger partial charge is 0.382 e. The van der Waals surface area contributed by atoms with E-state index in [1.165, 1.54) is 0 Å². The number of hydrogen-bond donors (Lipinski definition) is 3. The maximum atomic E-state index is 10.8. The Morgan fingerprint density at radius 3 is 2.58 bits per heavy atom. The van der Waals surface area contributed by atoms with Gasteiger partial charge in [-0.25, -0.2) is 23.4 Å². The molecule has 0 aliphatic rings. The Kier molecular flexibility index (Phi) is 4.05. The smallest absolute Gasteiger partial charge is 0.161 e. The van der Waals surface area contributed by atoms with Crippen LogP contribution < -0.4 is 5.73 Å². The topological polar surface area (TPSA) is 128 Å². The second kappa shape index (κ2) is 6.52. The summed E-state index contributed by atoms with van der Waals surface area (Å²) in [4.78, 5) is 20.5. The van der Waals surface area contributed by atoms with E-state index in [2.05, 4.69) is 24.9 Å². The van der Waals surface area contributed by atoms with Crippen molar-refractivity contribution in [3.05, 3.63) is 54.5 Å². The number of hydrogen-bond acceptors (Lipinski definition) is 7. The van der Waals surface area contributed by atoms with Crippen LogP contribution in [0.25, 0.3) is 33.8 Å². The van der Waals surface area contributed by atoms with E-state index in [0.29, 0.717) is 17.2 Å². The number of nitrogens with zero attached hydrogens (tertiary/aromatic N) is 4. The lowest BCUT2D eigenvalue weighted by atomic mass is 10.1. The SMILES string of the molecule is Nc1ncc(-c2ccc(C[SH](=O)=O)cc2)nc1-c1nc2ccncc2[nH]1. The summed E-state index contributed by atoms with van der Waals surface area (Å²) >= 11 is 0. The first-order chi connectivity index (χ1) is 12.6. The molecular formula is C17H14N6O2S. The van der Waals surface area contributed by atoms with Gasteiger partial charge in [0.2, 0.25) is 0 Å². The standard InChI is InChI=1S/C17H14N6O2S/c18-16-15(17-22-12-5-6-19-7-14(12)23-17)21-13(8-20-16)11-3-1-10(2-4-11)9-26(24)25/h1-8,26H,9H2,(H2,18,20)(H,22,23). The minimum Gasteiger partial charge on any atom is -0.382 e. The molecule has 0 bridgehead atoms. The number of thiol groups is 1. The molecule has 0 aliphatic carbocycles. The number of imidazole rings is 1. The summed E-state index contributed by atoms with van der Waals surface area (Å²) in [5.74, 6) is 0.793. The lowest BCUT2D eigenvalue weighted by Gasteiger charge is -2.06. The van der Waals surface area contributed by atoms with Gasteiger partial charge >= 0.3 is 0 Å². The fourth-order valence-corrected chi connectivity index (χ4v) is 3.12. The molecule has 0 aliphatic heterocycles. The normalized spacial score (nSPS) is 11.3. The molecular weight excluding hydrogens is 352 g/mol. The number of nitrogen functional groups attached to an aromatic ring is 1. The Labute approximate surface area is 150 Å². The van der Waals surface area contributed by atoms with E-state index in [4.69, 9.17) is 5.73 Å². The summed E-state index contributed by atoms with van der Waals surface area (Å²) in [5.41, 5.74) is 10.1. The Hall–Kier alpha value is -3.33. The van der Waals surface area contributed by atoms with Crippen molar-refractivity contribution < 1.29 is 8.42 Å². The van der Waals surface area contributed by atoms with Crippen LogP contribution in [0.15, 0.2) is 48.9 Å². The number of nitrogens with one attached hydrogen (secondary N) is 1. The first-order valence-corrected chi connectivity index (χ1v) is 9.10. The number of anilines is 1. The van der Waals surface area contributed by atoms with E-state index < -0.39 is 10.7 Å². The summed E-state index contributed by atoms with van der Waals surface area (Å²) in [6.45, 7) is 0. The number of rotatable bonds is 4. The molecule has 0 saturated carbocycles. The van der Waals surface area contributed by atoms with Crippen molar-refractivity contribution in [2.24, 2.45) is 0 Å². The second-order valence-electron chi connectivity index (χ2n) is 5.66. The van der Waals surface area contributed by atoms with Crippen molar-refractivity contribution in [2.75, 3.05) is 5.73 Å². The minimum atomic E-state index is -2.45. The fourth-order valence-electron chi connectivity index (χ4n) is 2.61. The molecule has 0 saturated heterocycles. The Balaban J connectivity index is 1.74. The number of aromatic nitrogens is 5. The van der Waals surface area contributed by atoms with Gasteiger partial charge in [-0.15, -0.1) is 0 Å². The van der Waals surface area contributed by atoms with E-state index >= 15 is 0 Å². The van der Waals surface area contributed by atoms with E-state index in [-0.39, 0.29) is 11.6 Å². The molecule has 0 radical (unpaired) electrons. The average molecular weight is 366 g/mol. The summed E-state index contributed by atoms with van der Waals surface area (Å²) in [6, 6.07) is 8.92. The van der Waals surface area contributed by atoms with Crippen LogP contribution in [0.1, 0.15) is 5.56 Å². The quantitative estimate of drug-likeness (QED) is 0.470. The summed E-state index contributed by atoms with van der Waals surface area (Å²) < 4.78 is 21.6. The van der Waals surface area contributed by atoms with Crippen molar-refractivity contribution >= 4 is 27.6 Å².